The third-order valence-corrected chi connectivity index (χ3v) is 6.25. The lowest BCUT2D eigenvalue weighted by atomic mass is 9.82. The molecule has 1 fully saturated rings. The summed E-state index contributed by atoms with van der Waals surface area (Å²) in [5.74, 6) is 0.546. The average Bonchev–Trinajstić information content (AvgIpc) is 3.01. The van der Waals surface area contributed by atoms with Gasteiger partial charge in [0.2, 0.25) is 0 Å². The first-order chi connectivity index (χ1) is 13.1. The monoisotopic (exact) mass is 419 g/mol. The standard InChI is InChI=1S/C15H21N5O7S/c1-6-10-5-16-14-17-8(13(22)9-4-12(21)19-15(23)18-9)2-7(20(10)14)3-11(6)27-28(24,25)26/h4,6-8,10-11,13,22H,2-3,5H2,1H3,(H4,16,17,18,19,21,23,24,25,26)/p+1/t6-,7+,8-,10-,11+,13-/m1/s1/i15+1,18+1,19+1. The Bertz CT molecular complexity index is 1000. The molecule has 28 heavy (non-hydrogen) atoms. The zero-order valence-corrected chi connectivity index (χ0v) is 15.8. The molecule has 6 atom stereocenters. The number of rotatable bonds is 4. The number of guanidine groups is 1. The maximum Gasteiger partial charge on any atom is 0.397 e. The molecule has 1 aromatic rings. The van der Waals surface area contributed by atoms with Gasteiger partial charge in [0, 0.05) is 24.8 Å². The summed E-state index contributed by atoms with van der Waals surface area (Å²) in [6.07, 6.45) is -1.11. The van der Waals surface area contributed by atoms with Gasteiger partial charge >= 0.3 is 22.0 Å². The van der Waals surface area contributed by atoms with E-state index >= 15 is 0 Å². The van der Waals surface area contributed by atoms with Crippen LogP contribution < -0.4 is 21.9 Å². The SMILES string of the molecule is C[C@H]1[C@@H](OS(=O)(=O)O)C[C@@H]2C[C@H]([C@@H](O)c3cc(=O)[15nH][13c](=O)[15nH]3)NC3=[N+]2[C@@H]1CN3. The molecule has 13 heteroatoms. The number of nitrogens with one attached hydrogen (secondary N) is 4. The molecular formula is C15H22N5O7S+. The lowest BCUT2D eigenvalue weighted by Gasteiger charge is -2.41. The van der Waals surface area contributed by atoms with Crippen LogP contribution in [0.1, 0.15) is 31.6 Å². The van der Waals surface area contributed by atoms with Crippen LogP contribution in [-0.4, -0.2) is 69.4 Å². The third-order valence-electron chi connectivity index (χ3n) is 5.76. The van der Waals surface area contributed by atoms with Gasteiger partial charge in [0.1, 0.15) is 18.2 Å². The highest BCUT2D eigenvalue weighted by Crippen LogP contribution is 2.35. The van der Waals surface area contributed by atoms with Crippen molar-refractivity contribution < 1.29 is 26.8 Å². The lowest BCUT2D eigenvalue weighted by Crippen LogP contribution is -2.60. The number of nitrogens with zero attached hydrogens (tertiary/aromatic N) is 1. The Balaban J connectivity index is 1.61. The molecule has 0 spiro atoms. The van der Waals surface area contributed by atoms with Crippen molar-refractivity contribution in [2.45, 2.75) is 50.1 Å². The number of hydrogen-bond donors (Lipinski definition) is 6. The predicted molar refractivity (Wildman–Crippen MR) is 95.2 cm³/mol. The summed E-state index contributed by atoms with van der Waals surface area (Å²) in [5, 5.41) is 17.1. The summed E-state index contributed by atoms with van der Waals surface area (Å²) in [4.78, 5) is 27.5. The molecule has 154 valence electrons. The Morgan fingerprint density at radius 2 is 2.04 bits per heavy atom. The fourth-order valence-corrected chi connectivity index (χ4v) is 5.08. The van der Waals surface area contributed by atoms with E-state index in [0.29, 0.717) is 25.3 Å². The Kier molecular flexibility index (Phi) is 4.56. The van der Waals surface area contributed by atoms with Crippen LogP contribution in [0.15, 0.2) is 15.7 Å². The van der Waals surface area contributed by atoms with Crippen LogP contribution >= 0.6 is 0 Å². The molecule has 0 aromatic carbocycles. The number of aromatic nitrogens is 2. The van der Waals surface area contributed by atoms with Crippen LogP contribution in [0.5, 0.6) is 0 Å². The van der Waals surface area contributed by atoms with Crippen LogP contribution in [0.4, 0.5) is 0 Å². The highest BCUT2D eigenvalue weighted by atomic mass is 32.3. The Hall–Kier alpha value is -2.22. The molecule has 6 N–H and O–H groups in total. The second-order valence-electron chi connectivity index (χ2n) is 7.49. The molecule has 4 rings (SSSR count). The number of aliphatic hydroxyl groups excluding tert-OH is 1. The molecule has 0 unspecified atom stereocenters. The molecule has 3 aliphatic rings. The summed E-state index contributed by atoms with van der Waals surface area (Å²) in [5.41, 5.74) is -1.24. The summed E-state index contributed by atoms with van der Waals surface area (Å²) in [6, 6.07) is 0.404. The van der Waals surface area contributed by atoms with Crippen molar-refractivity contribution in [1.82, 2.24) is 20.6 Å². The van der Waals surface area contributed by atoms with Crippen molar-refractivity contribution in [3.63, 3.8) is 0 Å². The van der Waals surface area contributed by atoms with Crippen LogP contribution in [-0.2, 0) is 14.6 Å². The normalized spacial score (nSPS) is 33.0. The van der Waals surface area contributed by atoms with Crippen molar-refractivity contribution in [3.05, 3.63) is 32.6 Å². The van der Waals surface area contributed by atoms with Gasteiger partial charge in [-0.3, -0.25) is 29.5 Å². The summed E-state index contributed by atoms with van der Waals surface area (Å²) < 4.78 is 38.5. The van der Waals surface area contributed by atoms with Crippen LogP contribution in [0, 0.1) is 5.92 Å². The second kappa shape index (κ2) is 6.69. The molecule has 4 heterocycles. The first-order valence-corrected chi connectivity index (χ1v) is 10.3. The van der Waals surface area contributed by atoms with Gasteiger partial charge in [0.25, 0.3) is 5.56 Å². The minimum atomic E-state index is -4.58. The highest BCUT2D eigenvalue weighted by Gasteiger charge is 2.52. The van der Waals surface area contributed by atoms with Crippen molar-refractivity contribution in [2.24, 2.45) is 5.92 Å². The molecule has 0 bridgehead atoms. The van der Waals surface area contributed by atoms with Gasteiger partial charge in [-0.05, 0) is 0 Å². The highest BCUT2D eigenvalue weighted by molar-refractivity contribution is 7.80. The van der Waals surface area contributed by atoms with E-state index in [4.69, 9.17) is 8.74 Å². The summed E-state index contributed by atoms with van der Waals surface area (Å²) in [6.45, 7) is 2.42. The van der Waals surface area contributed by atoms with Crippen LogP contribution in [0.3, 0.4) is 0 Å². The zero-order valence-electron chi connectivity index (χ0n) is 15.0. The van der Waals surface area contributed by atoms with Gasteiger partial charge in [0.05, 0.1) is 24.4 Å². The number of hydrogen-bond acceptors (Lipinski definition) is 8. The largest absolute Gasteiger partial charge is 0.397 e. The maximum atomic E-state index is 11.5. The molecule has 0 aliphatic carbocycles. The van der Waals surface area contributed by atoms with Gasteiger partial charge in [-0.1, -0.05) is 6.92 Å². The number of H-pyrrole nitrogens is 2. The number of aromatic amines is 2. The third kappa shape index (κ3) is 3.45. The van der Waals surface area contributed by atoms with E-state index in [2.05, 4.69) is 25.2 Å². The topological polar surface area (TPSA) is 177 Å². The van der Waals surface area contributed by atoms with Gasteiger partial charge in [0.15, 0.2) is 0 Å². The molecule has 12 nitrogen and oxygen atoms in total. The van der Waals surface area contributed by atoms with Crippen molar-refractivity contribution in [3.8, 4) is 0 Å². The first kappa shape index (κ1) is 19.1. The van der Waals surface area contributed by atoms with Gasteiger partial charge in [-0.25, -0.2) is 8.98 Å². The van der Waals surface area contributed by atoms with Crippen LogP contribution in [0.25, 0.3) is 0 Å². The Morgan fingerprint density at radius 3 is 2.71 bits per heavy atom. The minimum absolute atomic E-state index is 0.0366. The van der Waals surface area contributed by atoms with Crippen LogP contribution in [0.2, 0.25) is 0 Å². The molecule has 0 radical (unpaired) electrons. The quantitative estimate of drug-likeness (QED) is 0.225. The van der Waals surface area contributed by atoms with E-state index in [1.807, 2.05) is 6.92 Å². The number of aliphatic hydroxyl groups is 1. The fraction of sp³-hybridized carbons (Fsp3) is 0.667. The summed E-state index contributed by atoms with van der Waals surface area (Å²) >= 11 is 0. The molecule has 3 aliphatic heterocycles. The fourth-order valence-electron chi connectivity index (χ4n) is 4.51. The van der Waals surface area contributed by atoms with Gasteiger partial charge < -0.3 is 10.1 Å². The van der Waals surface area contributed by atoms with Gasteiger partial charge in [-0.2, -0.15) is 8.42 Å². The minimum Gasteiger partial charge on any atom is -0.383 e. The van der Waals surface area contributed by atoms with E-state index < -0.39 is 39.9 Å². The van der Waals surface area contributed by atoms with Gasteiger partial charge in [-0.15, -0.1) is 0 Å². The van der Waals surface area contributed by atoms with Crippen molar-refractivity contribution >= 4 is 16.4 Å². The van der Waals surface area contributed by atoms with E-state index in [0.717, 1.165) is 6.07 Å². The molecular weight excluding hydrogens is 397 g/mol. The van der Waals surface area contributed by atoms with Crippen molar-refractivity contribution in [1.29, 1.82) is 0 Å². The van der Waals surface area contributed by atoms with E-state index in [-0.39, 0.29) is 23.7 Å². The first-order valence-electron chi connectivity index (χ1n) is 8.95. The predicted octanol–water partition coefficient (Wildman–Crippen LogP) is -2.60. The smallest absolute Gasteiger partial charge is 0.383 e. The zero-order chi connectivity index (χ0) is 20.2. The maximum absolute atomic E-state index is 11.5. The molecule has 0 saturated carbocycles. The average molecular weight is 419 g/mol. The van der Waals surface area contributed by atoms with Crippen molar-refractivity contribution in [2.75, 3.05) is 6.54 Å². The Morgan fingerprint density at radius 1 is 1.29 bits per heavy atom. The number of piperidine rings is 1. The second-order valence-corrected chi connectivity index (χ2v) is 8.54. The molecule has 1 saturated heterocycles. The van der Waals surface area contributed by atoms with E-state index in [9.17, 15) is 23.1 Å². The summed E-state index contributed by atoms with van der Waals surface area (Å²) in [7, 11) is -4.58. The van der Waals surface area contributed by atoms with E-state index in [1.165, 1.54) is 0 Å². The van der Waals surface area contributed by atoms with E-state index in [1.54, 1.807) is 0 Å². The lowest BCUT2D eigenvalue weighted by molar-refractivity contribution is -0.621. The molecule has 0 amide bonds. The molecule has 1 aromatic heterocycles. The Labute approximate surface area is 159 Å².